The highest BCUT2D eigenvalue weighted by molar-refractivity contribution is 6.42. The normalized spacial score (nSPS) is 16.3. The van der Waals surface area contributed by atoms with Gasteiger partial charge in [-0.1, -0.05) is 88.5 Å². The topological polar surface area (TPSA) is 54.3 Å². The largest absolute Gasteiger partial charge is 0.390 e. The molecular formula is C27H27Cl3N2O3. The molecule has 1 aliphatic heterocycles. The van der Waals surface area contributed by atoms with Gasteiger partial charge >= 0.3 is 0 Å². The third kappa shape index (κ3) is 7.94. The molecule has 184 valence electrons. The van der Waals surface area contributed by atoms with Gasteiger partial charge in [0.15, 0.2) is 0 Å². The van der Waals surface area contributed by atoms with Gasteiger partial charge < -0.3 is 14.7 Å². The molecule has 0 radical (unpaired) electrons. The van der Waals surface area contributed by atoms with Crippen LogP contribution in [0.1, 0.15) is 23.1 Å². The average Bonchev–Trinajstić information content (AvgIpc) is 3.30. The number of oxime groups is 1. The van der Waals surface area contributed by atoms with E-state index in [-0.39, 0.29) is 12.7 Å². The van der Waals surface area contributed by atoms with Gasteiger partial charge in [-0.25, -0.2) is 0 Å². The number of halogens is 3. The highest BCUT2D eigenvalue weighted by Crippen LogP contribution is 2.26. The van der Waals surface area contributed by atoms with Crippen molar-refractivity contribution >= 4 is 40.5 Å². The van der Waals surface area contributed by atoms with Gasteiger partial charge in [0.1, 0.15) is 6.10 Å². The summed E-state index contributed by atoms with van der Waals surface area (Å²) in [5.74, 6) is 0. The zero-order chi connectivity index (χ0) is 24.6. The van der Waals surface area contributed by atoms with Gasteiger partial charge in [-0.15, -0.1) is 0 Å². The van der Waals surface area contributed by atoms with Crippen molar-refractivity contribution in [3.8, 4) is 0 Å². The minimum absolute atomic E-state index is 0.156. The number of aliphatic hydroxyl groups excluding tert-OH is 1. The summed E-state index contributed by atoms with van der Waals surface area (Å²) in [7, 11) is 0. The molecular weight excluding hydrogens is 507 g/mol. The maximum Gasteiger partial charge on any atom is 0.145 e. The summed E-state index contributed by atoms with van der Waals surface area (Å²) in [6, 6.07) is 23.1. The molecule has 3 aromatic rings. The Balaban J connectivity index is 1.35. The number of rotatable bonds is 11. The third-order valence-corrected chi connectivity index (χ3v) is 6.61. The molecule has 0 spiro atoms. The highest BCUT2D eigenvalue weighted by Gasteiger charge is 2.26. The van der Waals surface area contributed by atoms with Gasteiger partial charge in [0.05, 0.1) is 35.1 Å². The number of nitrogens with zero attached hydrogens (tertiary/aromatic N) is 2. The van der Waals surface area contributed by atoms with E-state index in [1.165, 1.54) is 0 Å². The zero-order valence-corrected chi connectivity index (χ0v) is 21.4. The predicted octanol–water partition coefficient (Wildman–Crippen LogP) is 6.22. The van der Waals surface area contributed by atoms with E-state index in [4.69, 9.17) is 44.4 Å². The second-order valence-electron chi connectivity index (χ2n) is 8.58. The average molecular weight is 534 g/mol. The van der Waals surface area contributed by atoms with Crippen LogP contribution in [0.3, 0.4) is 0 Å². The number of aliphatic hydroxyl groups is 1. The molecule has 0 aliphatic carbocycles. The quantitative estimate of drug-likeness (QED) is 0.318. The van der Waals surface area contributed by atoms with Crippen LogP contribution in [0.15, 0.2) is 78.0 Å². The van der Waals surface area contributed by atoms with Crippen molar-refractivity contribution in [2.75, 3.05) is 19.7 Å². The fourth-order valence-corrected chi connectivity index (χ4v) is 4.51. The molecule has 3 aromatic carbocycles. The summed E-state index contributed by atoms with van der Waals surface area (Å²) in [6.07, 6.45) is -0.184. The first-order valence-electron chi connectivity index (χ1n) is 11.4. The summed E-state index contributed by atoms with van der Waals surface area (Å²) >= 11 is 18.4. The monoisotopic (exact) mass is 532 g/mol. The van der Waals surface area contributed by atoms with E-state index in [2.05, 4.69) is 10.1 Å². The second-order valence-corrected chi connectivity index (χ2v) is 9.83. The Morgan fingerprint density at radius 2 is 1.77 bits per heavy atom. The summed E-state index contributed by atoms with van der Waals surface area (Å²) in [5.41, 5.74) is 3.83. The lowest BCUT2D eigenvalue weighted by atomic mass is 10.0. The lowest BCUT2D eigenvalue weighted by Gasteiger charge is -2.27. The van der Waals surface area contributed by atoms with Crippen molar-refractivity contribution in [1.82, 2.24) is 4.90 Å². The number of benzene rings is 3. The van der Waals surface area contributed by atoms with Gasteiger partial charge in [0.2, 0.25) is 0 Å². The van der Waals surface area contributed by atoms with Gasteiger partial charge in [-0.05, 0) is 35.4 Å². The number of hydrogen-bond donors (Lipinski definition) is 1. The molecule has 1 heterocycles. The standard InChI is InChI=1S/C27H27Cl3N2O3/c28-22-8-4-7-20(11-22)14-32(15-23(33)18-34-17-19-5-2-1-3-6-19)16-24-13-27(31-35-24)21-9-10-25(29)26(30)12-21/h1-12,23-24,33H,13-18H2/t23-,24-/m0/s1. The first-order chi connectivity index (χ1) is 17.0. The van der Waals surface area contributed by atoms with Crippen LogP contribution in [0.25, 0.3) is 0 Å². The lowest BCUT2D eigenvalue weighted by Crippen LogP contribution is -2.39. The first-order valence-corrected chi connectivity index (χ1v) is 12.5. The van der Waals surface area contributed by atoms with Gasteiger partial charge in [0, 0.05) is 36.6 Å². The molecule has 2 atom stereocenters. The van der Waals surface area contributed by atoms with Gasteiger partial charge in [-0.3, -0.25) is 4.90 Å². The van der Waals surface area contributed by atoms with Crippen LogP contribution >= 0.6 is 34.8 Å². The molecule has 35 heavy (non-hydrogen) atoms. The van der Waals surface area contributed by atoms with Crippen LogP contribution in [0, 0.1) is 0 Å². The van der Waals surface area contributed by atoms with Crippen molar-refractivity contribution in [2.45, 2.75) is 31.8 Å². The Hall–Kier alpha value is -2.12. The molecule has 0 fully saturated rings. The van der Waals surface area contributed by atoms with E-state index < -0.39 is 6.10 Å². The fourth-order valence-electron chi connectivity index (χ4n) is 4.00. The lowest BCUT2D eigenvalue weighted by molar-refractivity contribution is -0.00648. The second kappa shape index (κ2) is 12.7. The molecule has 5 nitrogen and oxygen atoms in total. The van der Waals surface area contributed by atoms with Crippen LogP contribution in [0.5, 0.6) is 0 Å². The summed E-state index contributed by atoms with van der Waals surface area (Å²) in [4.78, 5) is 7.87. The minimum Gasteiger partial charge on any atom is -0.390 e. The highest BCUT2D eigenvalue weighted by atomic mass is 35.5. The van der Waals surface area contributed by atoms with Gasteiger partial charge in [-0.2, -0.15) is 0 Å². The van der Waals surface area contributed by atoms with Crippen molar-refractivity contribution < 1.29 is 14.7 Å². The molecule has 8 heteroatoms. The summed E-state index contributed by atoms with van der Waals surface area (Å²) < 4.78 is 5.74. The number of hydrogen-bond acceptors (Lipinski definition) is 5. The van der Waals surface area contributed by atoms with E-state index in [0.29, 0.717) is 47.7 Å². The van der Waals surface area contributed by atoms with Crippen LogP contribution in [-0.2, 0) is 22.7 Å². The Morgan fingerprint density at radius 3 is 2.54 bits per heavy atom. The third-order valence-electron chi connectivity index (χ3n) is 5.63. The Kier molecular flexibility index (Phi) is 9.44. The molecule has 0 amide bonds. The van der Waals surface area contributed by atoms with Crippen molar-refractivity contribution in [1.29, 1.82) is 0 Å². The summed E-state index contributed by atoms with van der Waals surface area (Å²) in [6.45, 7) is 2.30. The maximum absolute atomic E-state index is 10.7. The van der Waals surface area contributed by atoms with Crippen molar-refractivity contribution in [3.63, 3.8) is 0 Å². The first kappa shape index (κ1) is 26.0. The molecule has 0 bridgehead atoms. The van der Waals surface area contributed by atoms with Crippen LogP contribution in [-0.4, -0.2) is 47.6 Å². The number of ether oxygens (including phenoxy) is 1. The SMILES string of the molecule is O[C@H](COCc1ccccc1)CN(Cc1cccc(Cl)c1)C[C@@H]1CC(c2ccc(Cl)c(Cl)c2)=NO1. The molecule has 4 rings (SSSR count). The smallest absolute Gasteiger partial charge is 0.145 e. The van der Waals surface area contributed by atoms with Crippen LogP contribution < -0.4 is 0 Å². The Bertz CT molecular complexity index is 1140. The molecule has 1 N–H and O–H groups in total. The maximum atomic E-state index is 10.7. The predicted molar refractivity (Wildman–Crippen MR) is 141 cm³/mol. The van der Waals surface area contributed by atoms with E-state index in [1.54, 1.807) is 12.1 Å². The van der Waals surface area contributed by atoms with Gasteiger partial charge in [0.25, 0.3) is 0 Å². The fraction of sp³-hybridized carbons (Fsp3) is 0.296. The summed E-state index contributed by atoms with van der Waals surface area (Å²) in [5, 5.41) is 16.6. The van der Waals surface area contributed by atoms with E-state index in [9.17, 15) is 5.11 Å². The molecule has 0 saturated carbocycles. The van der Waals surface area contributed by atoms with Crippen LogP contribution in [0.2, 0.25) is 15.1 Å². The Labute approximate surface area is 220 Å². The van der Waals surface area contributed by atoms with Crippen molar-refractivity contribution in [2.24, 2.45) is 5.16 Å². The molecule has 0 unspecified atom stereocenters. The zero-order valence-electron chi connectivity index (χ0n) is 19.1. The minimum atomic E-state index is -0.658. The molecule has 1 aliphatic rings. The van der Waals surface area contributed by atoms with E-state index in [0.717, 1.165) is 22.4 Å². The van der Waals surface area contributed by atoms with E-state index in [1.807, 2.05) is 60.7 Å². The van der Waals surface area contributed by atoms with Crippen LogP contribution in [0.4, 0.5) is 0 Å². The molecule has 0 saturated heterocycles. The Morgan fingerprint density at radius 1 is 0.971 bits per heavy atom. The van der Waals surface area contributed by atoms with E-state index >= 15 is 0 Å². The molecule has 0 aromatic heterocycles. The van der Waals surface area contributed by atoms with Crippen molar-refractivity contribution in [3.05, 3.63) is 105 Å².